The van der Waals surface area contributed by atoms with Crippen LogP contribution in [0.1, 0.15) is 56.5 Å². The third-order valence-electron chi connectivity index (χ3n) is 6.00. The lowest BCUT2D eigenvalue weighted by molar-refractivity contribution is 0.218. The summed E-state index contributed by atoms with van der Waals surface area (Å²) in [7, 11) is 0. The molecule has 1 atom stereocenters. The predicted molar refractivity (Wildman–Crippen MR) is 126 cm³/mol. The zero-order valence-electron chi connectivity index (χ0n) is 18.0. The van der Waals surface area contributed by atoms with Crippen LogP contribution in [0.2, 0.25) is 0 Å². The van der Waals surface area contributed by atoms with E-state index < -0.39 is 0 Å². The number of nitrogens with zero attached hydrogens (tertiary/aromatic N) is 2. The maximum atomic E-state index is 13.7. The molecule has 2 heterocycles. The van der Waals surface area contributed by atoms with E-state index in [1.807, 2.05) is 16.7 Å². The number of aryl methyl sites for hydroxylation is 2. The Bertz CT molecular complexity index is 1090. The molecule has 1 aliphatic carbocycles. The molecule has 3 nitrogen and oxygen atoms in total. The van der Waals surface area contributed by atoms with Crippen molar-refractivity contribution in [2.75, 3.05) is 5.75 Å². The minimum atomic E-state index is 0.101. The Balaban J connectivity index is 1.90. The normalized spacial score (nSPS) is 16.9. The number of thiophene rings is 1. The molecule has 0 N–H and O–H groups in total. The molecule has 0 amide bonds. The zero-order chi connectivity index (χ0) is 20.8. The van der Waals surface area contributed by atoms with E-state index in [9.17, 15) is 4.79 Å². The van der Waals surface area contributed by atoms with Crippen LogP contribution in [0.25, 0.3) is 15.9 Å². The molecule has 1 aliphatic rings. The summed E-state index contributed by atoms with van der Waals surface area (Å²) in [6.07, 6.45) is 4.27. The van der Waals surface area contributed by atoms with Crippen LogP contribution in [0.4, 0.5) is 0 Å². The fourth-order valence-corrected chi connectivity index (χ4v) is 6.36. The molecule has 2 aromatic heterocycles. The molecule has 0 bridgehead atoms. The second-order valence-corrected chi connectivity index (χ2v) is 11.4. The van der Waals surface area contributed by atoms with Crippen molar-refractivity contribution >= 4 is 33.3 Å². The lowest BCUT2D eigenvalue weighted by Gasteiger charge is -2.33. The van der Waals surface area contributed by atoms with Crippen molar-refractivity contribution in [2.24, 2.45) is 11.3 Å². The van der Waals surface area contributed by atoms with Crippen molar-refractivity contribution in [3.8, 4) is 5.69 Å². The highest BCUT2D eigenvalue weighted by atomic mass is 32.2. The fourth-order valence-electron chi connectivity index (χ4n) is 4.16. The summed E-state index contributed by atoms with van der Waals surface area (Å²) in [6, 6.07) is 8.21. The van der Waals surface area contributed by atoms with Gasteiger partial charge >= 0.3 is 0 Å². The standard InChI is InChI=1S/C24H30N2OS2/c1-6-13-28-23-25-21-20(22(27)26(23)17-10-7-15(2)8-11-17)18-12-9-16(24(3,4)5)14-19(18)29-21/h7-8,10-11,16H,6,9,12-14H2,1-5H3/t16-/m1/s1. The summed E-state index contributed by atoms with van der Waals surface area (Å²) < 4.78 is 1.84. The van der Waals surface area contributed by atoms with Gasteiger partial charge in [-0.05, 0) is 61.6 Å². The first kappa shape index (κ1) is 20.7. The molecule has 5 heteroatoms. The van der Waals surface area contributed by atoms with Crippen molar-refractivity contribution in [3.05, 3.63) is 50.6 Å². The van der Waals surface area contributed by atoms with E-state index in [0.717, 1.165) is 52.5 Å². The fraction of sp³-hybridized carbons (Fsp3) is 0.500. The lowest BCUT2D eigenvalue weighted by Crippen LogP contribution is -2.27. The summed E-state index contributed by atoms with van der Waals surface area (Å²) in [5.41, 5.74) is 3.77. The lowest BCUT2D eigenvalue weighted by atomic mass is 9.72. The topological polar surface area (TPSA) is 34.9 Å². The highest BCUT2D eigenvalue weighted by molar-refractivity contribution is 7.99. The molecule has 1 aromatic carbocycles. The molecule has 0 spiro atoms. The molecule has 4 rings (SSSR count). The SMILES string of the molecule is CCCSc1nc2sc3c(c2c(=O)n1-c1ccc(C)cc1)CC[C@@H](C(C)(C)C)C3. The van der Waals surface area contributed by atoms with E-state index in [1.165, 1.54) is 16.0 Å². The molecule has 0 unspecified atom stereocenters. The van der Waals surface area contributed by atoms with E-state index in [4.69, 9.17) is 4.98 Å². The Morgan fingerprint density at radius 1 is 1.24 bits per heavy atom. The number of thioether (sulfide) groups is 1. The molecule has 154 valence electrons. The van der Waals surface area contributed by atoms with Crippen LogP contribution in [0, 0.1) is 18.3 Å². The van der Waals surface area contributed by atoms with E-state index in [0.29, 0.717) is 11.3 Å². The Hall–Kier alpha value is -1.59. The monoisotopic (exact) mass is 426 g/mol. The molecule has 29 heavy (non-hydrogen) atoms. The summed E-state index contributed by atoms with van der Waals surface area (Å²) in [5, 5.41) is 1.68. The first-order chi connectivity index (χ1) is 13.8. The van der Waals surface area contributed by atoms with Gasteiger partial charge in [-0.1, -0.05) is 57.2 Å². The summed E-state index contributed by atoms with van der Waals surface area (Å²) in [5.74, 6) is 1.62. The average molecular weight is 427 g/mol. The van der Waals surface area contributed by atoms with Gasteiger partial charge in [-0.2, -0.15) is 0 Å². The molecule has 0 saturated carbocycles. The average Bonchev–Trinajstić information content (AvgIpc) is 3.04. The van der Waals surface area contributed by atoms with Crippen molar-refractivity contribution in [1.29, 1.82) is 0 Å². The molecular formula is C24H30N2OS2. The number of hydrogen-bond donors (Lipinski definition) is 0. The highest BCUT2D eigenvalue weighted by Crippen LogP contribution is 2.42. The third-order valence-corrected chi connectivity index (χ3v) is 8.30. The Kier molecular flexibility index (Phi) is 5.64. The van der Waals surface area contributed by atoms with E-state index >= 15 is 0 Å². The quantitative estimate of drug-likeness (QED) is 0.357. The minimum absolute atomic E-state index is 0.101. The third kappa shape index (κ3) is 3.91. The van der Waals surface area contributed by atoms with Gasteiger partial charge in [0, 0.05) is 10.6 Å². The van der Waals surface area contributed by atoms with Gasteiger partial charge in [0.1, 0.15) is 4.83 Å². The summed E-state index contributed by atoms with van der Waals surface area (Å²) >= 11 is 3.43. The van der Waals surface area contributed by atoms with E-state index in [2.05, 4.69) is 46.8 Å². The van der Waals surface area contributed by atoms with Gasteiger partial charge in [0.25, 0.3) is 5.56 Å². The van der Waals surface area contributed by atoms with Gasteiger partial charge in [0.05, 0.1) is 11.1 Å². The predicted octanol–water partition coefficient (Wildman–Crippen LogP) is 6.41. The Morgan fingerprint density at radius 3 is 2.62 bits per heavy atom. The number of aromatic nitrogens is 2. The largest absolute Gasteiger partial charge is 0.268 e. The van der Waals surface area contributed by atoms with E-state index in [1.54, 1.807) is 23.1 Å². The number of fused-ring (bicyclic) bond motifs is 3. The van der Waals surface area contributed by atoms with Crippen molar-refractivity contribution in [3.63, 3.8) is 0 Å². The minimum Gasteiger partial charge on any atom is -0.268 e. The van der Waals surface area contributed by atoms with Crippen molar-refractivity contribution in [2.45, 2.75) is 65.5 Å². The van der Waals surface area contributed by atoms with Crippen LogP contribution in [0.15, 0.2) is 34.2 Å². The molecule has 0 fully saturated rings. The van der Waals surface area contributed by atoms with Crippen LogP contribution in [-0.2, 0) is 12.8 Å². The van der Waals surface area contributed by atoms with Gasteiger partial charge in [-0.3, -0.25) is 9.36 Å². The van der Waals surface area contributed by atoms with Gasteiger partial charge < -0.3 is 0 Å². The van der Waals surface area contributed by atoms with Crippen molar-refractivity contribution in [1.82, 2.24) is 9.55 Å². The van der Waals surface area contributed by atoms with Gasteiger partial charge in [0.2, 0.25) is 0 Å². The second kappa shape index (κ2) is 7.92. The Labute approximate surface area is 181 Å². The molecular weight excluding hydrogens is 396 g/mol. The van der Waals surface area contributed by atoms with Gasteiger partial charge in [-0.15, -0.1) is 11.3 Å². The highest BCUT2D eigenvalue weighted by Gasteiger charge is 2.32. The molecule has 0 radical (unpaired) electrons. The van der Waals surface area contributed by atoms with Gasteiger partial charge in [-0.25, -0.2) is 4.98 Å². The molecule has 0 aliphatic heterocycles. The number of rotatable bonds is 4. The zero-order valence-corrected chi connectivity index (χ0v) is 19.7. The van der Waals surface area contributed by atoms with Crippen LogP contribution >= 0.6 is 23.1 Å². The maximum absolute atomic E-state index is 13.7. The molecule has 0 saturated heterocycles. The van der Waals surface area contributed by atoms with Crippen LogP contribution in [0.3, 0.4) is 0 Å². The van der Waals surface area contributed by atoms with Crippen LogP contribution < -0.4 is 5.56 Å². The maximum Gasteiger partial charge on any atom is 0.267 e. The first-order valence-electron chi connectivity index (χ1n) is 10.6. The number of hydrogen-bond acceptors (Lipinski definition) is 4. The first-order valence-corrected chi connectivity index (χ1v) is 12.4. The van der Waals surface area contributed by atoms with Crippen LogP contribution in [0.5, 0.6) is 0 Å². The van der Waals surface area contributed by atoms with E-state index in [-0.39, 0.29) is 5.56 Å². The smallest absolute Gasteiger partial charge is 0.267 e. The summed E-state index contributed by atoms with van der Waals surface area (Å²) in [4.78, 5) is 21.0. The van der Waals surface area contributed by atoms with Gasteiger partial charge in [0.15, 0.2) is 5.16 Å². The second-order valence-electron chi connectivity index (χ2n) is 9.21. The van der Waals surface area contributed by atoms with Crippen LogP contribution in [-0.4, -0.2) is 15.3 Å². The summed E-state index contributed by atoms with van der Waals surface area (Å²) in [6.45, 7) is 11.2. The number of benzene rings is 1. The molecule has 3 aromatic rings. The van der Waals surface area contributed by atoms with Crippen molar-refractivity contribution < 1.29 is 0 Å². The Morgan fingerprint density at radius 2 is 1.97 bits per heavy atom.